The van der Waals surface area contributed by atoms with Crippen molar-refractivity contribution in [2.45, 2.75) is 36.0 Å². The van der Waals surface area contributed by atoms with Crippen LogP contribution in [0.5, 0.6) is 0 Å². The van der Waals surface area contributed by atoms with Gasteiger partial charge in [0.2, 0.25) is 5.91 Å². The standard InChI is InChI=1S/C22H18F3N5O2S/c1-2-14-6-3-4-9-17(14)33-20-19-28-30(21(32)29(19)11-10-26-20)13-18(31)27-16-8-5-7-15(12-16)22(23,24)25/h3-12H,2,13H2,1H3,(H,27,31). The summed E-state index contributed by atoms with van der Waals surface area (Å²) in [6.07, 6.45) is -0.790. The van der Waals surface area contributed by atoms with Crippen LogP contribution in [0, 0.1) is 0 Å². The normalized spacial score (nSPS) is 11.6. The molecule has 7 nitrogen and oxygen atoms in total. The average Bonchev–Trinajstić information content (AvgIpc) is 3.10. The fraction of sp³-hybridized carbons (Fsp3) is 0.182. The summed E-state index contributed by atoms with van der Waals surface area (Å²) in [4.78, 5) is 30.4. The van der Waals surface area contributed by atoms with E-state index in [-0.39, 0.29) is 11.3 Å². The monoisotopic (exact) mass is 473 g/mol. The Morgan fingerprint density at radius 2 is 1.94 bits per heavy atom. The second-order valence-electron chi connectivity index (χ2n) is 7.06. The zero-order valence-corrected chi connectivity index (χ0v) is 18.2. The van der Waals surface area contributed by atoms with E-state index in [1.54, 1.807) is 0 Å². The Bertz CT molecular complexity index is 1380. The molecule has 0 spiro atoms. The maximum atomic E-state index is 12.9. The first-order chi connectivity index (χ1) is 15.8. The van der Waals surface area contributed by atoms with E-state index in [0.717, 1.165) is 33.7 Å². The summed E-state index contributed by atoms with van der Waals surface area (Å²) in [5, 5.41) is 7.11. The Balaban J connectivity index is 1.58. The number of nitrogens with zero attached hydrogens (tertiary/aromatic N) is 4. The molecule has 1 amide bonds. The van der Waals surface area contributed by atoms with Crippen molar-refractivity contribution < 1.29 is 18.0 Å². The van der Waals surface area contributed by atoms with Crippen LogP contribution in [0.2, 0.25) is 0 Å². The lowest BCUT2D eigenvalue weighted by molar-refractivity contribution is -0.137. The van der Waals surface area contributed by atoms with Crippen LogP contribution in [0.25, 0.3) is 5.65 Å². The molecule has 0 bridgehead atoms. The summed E-state index contributed by atoms with van der Waals surface area (Å²) >= 11 is 1.36. The van der Waals surface area contributed by atoms with Gasteiger partial charge in [0.05, 0.1) is 5.56 Å². The summed E-state index contributed by atoms with van der Waals surface area (Å²) < 4.78 is 40.9. The molecule has 4 rings (SSSR count). The van der Waals surface area contributed by atoms with Crippen LogP contribution in [0.4, 0.5) is 18.9 Å². The van der Waals surface area contributed by atoms with Gasteiger partial charge in [0, 0.05) is 23.0 Å². The van der Waals surface area contributed by atoms with Gasteiger partial charge < -0.3 is 5.32 Å². The summed E-state index contributed by atoms with van der Waals surface area (Å²) in [5.41, 5.74) is -0.0675. The number of aryl methyl sites for hydroxylation is 1. The quantitative estimate of drug-likeness (QED) is 0.453. The number of aromatic nitrogens is 4. The zero-order valence-electron chi connectivity index (χ0n) is 17.3. The van der Waals surface area contributed by atoms with Gasteiger partial charge >= 0.3 is 11.9 Å². The number of amides is 1. The number of carbonyl (C=O) groups excluding carboxylic acids is 1. The van der Waals surface area contributed by atoms with Crippen molar-refractivity contribution >= 4 is 29.0 Å². The van der Waals surface area contributed by atoms with E-state index in [9.17, 15) is 22.8 Å². The number of hydrogen-bond donors (Lipinski definition) is 1. The maximum Gasteiger partial charge on any atom is 0.416 e. The van der Waals surface area contributed by atoms with Gasteiger partial charge in [0.25, 0.3) is 0 Å². The molecule has 4 aromatic rings. The van der Waals surface area contributed by atoms with E-state index in [1.807, 2.05) is 31.2 Å². The topological polar surface area (TPSA) is 81.3 Å². The van der Waals surface area contributed by atoms with Crippen molar-refractivity contribution in [3.8, 4) is 0 Å². The van der Waals surface area contributed by atoms with Gasteiger partial charge in [-0.05, 0) is 36.2 Å². The van der Waals surface area contributed by atoms with Crippen LogP contribution < -0.4 is 11.0 Å². The minimum Gasteiger partial charge on any atom is -0.324 e. The first kappa shape index (κ1) is 22.6. The number of hydrogen-bond acceptors (Lipinski definition) is 5. The first-order valence-electron chi connectivity index (χ1n) is 9.93. The van der Waals surface area contributed by atoms with Gasteiger partial charge in [-0.15, -0.1) is 5.10 Å². The predicted octanol–water partition coefficient (Wildman–Crippen LogP) is 4.26. The van der Waals surface area contributed by atoms with E-state index >= 15 is 0 Å². The number of nitrogens with one attached hydrogen (secondary N) is 1. The lowest BCUT2D eigenvalue weighted by atomic mass is 10.2. The van der Waals surface area contributed by atoms with Gasteiger partial charge in [-0.1, -0.05) is 43.0 Å². The summed E-state index contributed by atoms with van der Waals surface area (Å²) in [6.45, 7) is 1.57. The average molecular weight is 473 g/mol. The highest BCUT2D eigenvalue weighted by Gasteiger charge is 2.30. The molecule has 0 atom stereocenters. The molecule has 2 aromatic heterocycles. The second kappa shape index (κ2) is 9.10. The lowest BCUT2D eigenvalue weighted by Crippen LogP contribution is -2.28. The summed E-state index contributed by atoms with van der Waals surface area (Å²) in [6, 6.07) is 12.1. The molecule has 0 saturated heterocycles. The molecular formula is C22H18F3N5O2S. The molecule has 0 fully saturated rings. The second-order valence-corrected chi connectivity index (χ2v) is 8.09. The molecule has 1 N–H and O–H groups in total. The Morgan fingerprint density at radius 3 is 2.70 bits per heavy atom. The molecule has 33 heavy (non-hydrogen) atoms. The van der Waals surface area contributed by atoms with Crippen LogP contribution in [0.3, 0.4) is 0 Å². The molecule has 0 aliphatic carbocycles. The van der Waals surface area contributed by atoms with Crippen LogP contribution in [-0.2, 0) is 23.9 Å². The largest absolute Gasteiger partial charge is 0.416 e. The molecule has 0 saturated carbocycles. The third kappa shape index (κ3) is 4.92. The number of carbonyl (C=O) groups is 1. The van der Waals surface area contributed by atoms with E-state index in [0.29, 0.717) is 5.03 Å². The molecular weight excluding hydrogens is 455 g/mol. The minimum absolute atomic E-state index is 0.0271. The Labute approximate surface area is 190 Å². The molecule has 0 aliphatic heterocycles. The fourth-order valence-electron chi connectivity index (χ4n) is 3.21. The molecule has 0 aliphatic rings. The Kier molecular flexibility index (Phi) is 6.23. The highest BCUT2D eigenvalue weighted by molar-refractivity contribution is 7.99. The maximum absolute atomic E-state index is 12.9. The number of benzene rings is 2. The van der Waals surface area contributed by atoms with Gasteiger partial charge in [0.15, 0.2) is 5.65 Å². The molecule has 11 heteroatoms. The number of fused-ring (bicyclic) bond motifs is 1. The number of alkyl halides is 3. The van der Waals surface area contributed by atoms with Gasteiger partial charge in [0.1, 0.15) is 11.6 Å². The summed E-state index contributed by atoms with van der Waals surface area (Å²) in [7, 11) is 0. The van der Waals surface area contributed by atoms with Crippen LogP contribution in [0.15, 0.2) is 75.6 Å². The van der Waals surface area contributed by atoms with Crippen molar-refractivity contribution in [3.63, 3.8) is 0 Å². The SMILES string of the molecule is CCc1ccccc1Sc1nccn2c(=O)n(CC(=O)Nc3cccc(C(F)(F)F)c3)nc12. The molecule has 2 aromatic carbocycles. The van der Waals surface area contributed by atoms with Crippen LogP contribution in [-0.4, -0.2) is 25.1 Å². The van der Waals surface area contributed by atoms with Crippen LogP contribution >= 0.6 is 11.8 Å². The highest BCUT2D eigenvalue weighted by atomic mass is 32.2. The highest BCUT2D eigenvalue weighted by Crippen LogP contribution is 2.31. The summed E-state index contributed by atoms with van der Waals surface area (Å²) in [5.74, 6) is -0.682. The van der Waals surface area contributed by atoms with E-state index in [1.165, 1.54) is 40.7 Å². The molecule has 0 unspecified atom stereocenters. The molecule has 2 heterocycles. The number of anilines is 1. The zero-order chi connectivity index (χ0) is 23.6. The van der Waals surface area contributed by atoms with E-state index in [2.05, 4.69) is 15.4 Å². The van der Waals surface area contributed by atoms with Gasteiger partial charge in [-0.25, -0.2) is 18.9 Å². The number of halogens is 3. The van der Waals surface area contributed by atoms with Crippen molar-refractivity contribution in [2.75, 3.05) is 5.32 Å². The van der Waals surface area contributed by atoms with Crippen molar-refractivity contribution in [2.24, 2.45) is 0 Å². The van der Waals surface area contributed by atoms with Gasteiger partial charge in [-0.3, -0.25) is 4.79 Å². The van der Waals surface area contributed by atoms with Crippen LogP contribution in [0.1, 0.15) is 18.1 Å². The lowest BCUT2D eigenvalue weighted by Gasteiger charge is -2.09. The molecule has 170 valence electrons. The Morgan fingerprint density at radius 1 is 1.15 bits per heavy atom. The fourth-order valence-corrected chi connectivity index (χ4v) is 4.25. The van der Waals surface area contributed by atoms with Crippen molar-refractivity contribution in [1.82, 2.24) is 19.2 Å². The predicted molar refractivity (Wildman–Crippen MR) is 117 cm³/mol. The van der Waals surface area contributed by atoms with Gasteiger partial charge in [-0.2, -0.15) is 13.2 Å². The smallest absolute Gasteiger partial charge is 0.324 e. The number of rotatable bonds is 6. The first-order valence-corrected chi connectivity index (χ1v) is 10.7. The third-order valence-electron chi connectivity index (χ3n) is 4.80. The van der Waals surface area contributed by atoms with E-state index in [4.69, 9.17) is 0 Å². The van der Waals surface area contributed by atoms with Crippen molar-refractivity contribution in [1.29, 1.82) is 0 Å². The minimum atomic E-state index is -4.53. The Hall–Kier alpha value is -3.60. The van der Waals surface area contributed by atoms with Crippen molar-refractivity contribution in [3.05, 3.63) is 82.5 Å². The van der Waals surface area contributed by atoms with E-state index < -0.39 is 29.9 Å². The molecule has 0 radical (unpaired) electrons. The third-order valence-corrected chi connectivity index (χ3v) is 5.90.